The van der Waals surface area contributed by atoms with Crippen LogP contribution in [-0.2, 0) is 22.6 Å². The molecule has 1 saturated heterocycles. The Bertz CT molecular complexity index is 899. The van der Waals surface area contributed by atoms with Gasteiger partial charge in [-0.25, -0.2) is 0 Å². The van der Waals surface area contributed by atoms with E-state index in [0.29, 0.717) is 36.8 Å². The summed E-state index contributed by atoms with van der Waals surface area (Å²) in [7, 11) is 0. The average Bonchev–Trinajstić information content (AvgIpc) is 3.36. The fourth-order valence-corrected chi connectivity index (χ4v) is 7.97. The highest BCUT2D eigenvalue weighted by atomic mass is 16.3. The molecular weight excluding hydrogens is 424 g/mol. The number of imide groups is 1. The first kappa shape index (κ1) is 24.0. The number of aryl methyl sites for hydroxylation is 1. The number of amides is 2. The first-order valence-corrected chi connectivity index (χ1v) is 13.8. The molecule has 3 aliphatic carbocycles. The Morgan fingerprint density at radius 3 is 2.59 bits per heavy atom. The molecule has 34 heavy (non-hydrogen) atoms. The van der Waals surface area contributed by atoms with Crippen molar-refractivity contribution in [2.45, 2.75) is 103 Å². The number of aliphatic hydroxyl groups excluding tert-OH is 1. The Morgan fingerprint density at radius 1 is 1.00 bits per heavy atom. The quantitative estimate of drug-likeness (QED) is 0.409. The molecule has 3 unspecified atom stereocenters. The van der Waals surface area contributed by atoms with Crippen molar-refractivity contribution in [1.29, 1.82) is 0 Å². The second kappa shape index (κ2) is 10.1. The molecule has 0 aromatic heterocycles. The molecule has 0 spiro atoms. The molecule has 0 radical (unpaired) electrons. The zero-order valence-corrected chi connectivity index (χ0v) is 20.9. The van der Waals surface area contributed by atoms with Crippen LogP contribution in [0.4, 0.5) is 0 Å². The van der Waals surface area contributed by atoms with Crippen LogP contribution in [0, 0.1) is 17.3 Å². The van der Waals surface area contributed by atoms with Crippen LogP contribution in [-0.4, -0.2) is 41.0 Å². The number of aliphatic hydroxyl groups is 1. The number of unbranched alkanes of at least 4 members (excludes halogenated alkanes) is 3. The number of likely N-dealkylation sites (tertiary alicyclic amines) is 1. The number of carbonyl (C=O) groups excluding carboxylic acids is 2. The van der Waals surface area contributed by atoms with E-state index in [9.17, 15) is 14.7 Å². The lowest BCUT2D eigenvalue weighted by atomic mass is 9.55. The second-order valence-electron chi connectivity index (χ2n) is 11.6. The second-order valence-corrected chi connectivity index (χ2v) is 11.6. The number of nitrogens with one attached hydrogen (secondary N) is 1. The summed E-state index contributed by atoms with van der Waals surface area (Å²) in [6, 6.07) is 7.34. The van der Waals surface area contributed by atoms with Crippen LogP contribution in [0.1, 0.15) is 100 Å². The van der Waals surface area contributed by atoms with Crippen molar-refractivity contribution in [1.82, 2.24) is 10.2 Å². The minimum absolute atomic E-state index is 0.0155. The molecule has 2 saturated carbocycles. The van der Waals surface area contributed by atoms with Crippen molar-refractivity contribution < 1.29 is 14.7 Å². The summed E-state index contributed by atoms with van der Waals surface area (Å²) in [6.45, 7) is 4.40. The van der Waals surface area contributed by atoms with E-state index in [1.807, 2.05) is 0 Å². The number of rotatable bonds is 9. The van der Waals surface area contributed by atoms with Crippen LogP contribution < -0.4 is 5.32 Å². The number of carbonyl (C=O) groups is 2. The summed E-state index contributed by atoms with van der Waals surface area (Å²) in [5.41, 5.74) is 4.54. The lowest BCUT2D eigenvalue weighted by molar-refractivity contribution is -0.138. The normalized spacial score (nSPS) is 32.6. The molecule has 1 aromatic carbocycles. The van der Waals surface area contributed by atoms with Crippen LogP contribution in [0.5, 0.6) is 0 Å². The average molecular weight is 467 g/mol. The Balaban J connectivity index is 1.08. The molecule has 0 bridgehead atoms. The summed E-state index contributed by atoms with van der Waals surface area (Å²) in [5, 5.41) is 13.5. The van der Waals surface area contributed by atoms with Crippen LogP contribution in [0.15, 0.2) is 18.2 Å². The van der Waals surface area contributed by atoms with Crippen LogP contribution in [0.25, 0.3) is 0 Å². The molecule has 5 heteroatoms. The molecule has 5 atom stereocenters. The molecule has 1 aliphatic heterocycles. The summed E-state index contributed by atoms with van der Waals surface area (Å²) < 4.78 is 0. The van der Waals surface area contributed by atoms with E-state index in [0.717, 1.165) is 43.2 Å². The van der Waals surface area contributed by atoms with Crippen LogP contribution in [0.2, 0.25) is 0 Å². The van der Waals surface area contributed by atoms with Crippen molar-refractivity contribution in [3.05, 3.63) is 34.9 Å². The number of nitrogens with zero attached hydrogens (tertiary/aromatic N) is 1. The van der Waals surface area contributed by atoms with Gasteiger partial charge in [0, 0.05) is 25.4 Å². The molecule has 2 amide bonds. The first-order valence-electron chi connectivity index (χ1n) is 13.8. The summed E-state index contributed by atoms with van der Waals surface area (Å²) in [4.78, 5) is 24.9. The summed E-state index contributed by atoms with van der Waals surface area (Å²) >= 11 is 0. The van der Waals surface area contributed by atoms with Crippen LogP contribution in [0.3, 0.4) is 0 Å². The topological polar surface area (TPSA) is 69.6 Å². The van der Waals surface area contributed by atoms with Gasteiger partial charge in [0.2, 0.25) is 11.8 Å². The number of benzene rings is 1. The molecule has 5 nitrogen and oxygen atoms in total. The van der Waals surface area contributed by atoms with Gasteiger partial charge < -0.3 is 10.4 Å². The maximum absolute atomic E-state index is 11.7. The van der Waals surface area contributed by atoms with Crippen molar-refractivity contribution in [2.75, 3.05) is 13.1 Å². The van der Waals surface area contributed by atoms with E-state index in [4.69, 9.17) is 0 Å². The van der Waals surface area contributed by atoms with Crippen molar-refractivity contribution in [3.8, 4) is 0 Å². The molecular formula is C29H42N2O3. The Hall–Kier alpha value is -1.72. The maximum atomic E-state index is 11.7. The summed E-state index contributed by atoms with van der Waals surface area (Å²) in [5.74, 6) is 2.38. The van der Waals surface area contributed by atoms with Gasteiger partial charge in [-0.05, 0) is 97.8 Å². The predicted molar refractivity (Wildman–Crippen MR) is 133 cm³/mol. The third-order valence-electron chi connectivity index (χ3n) is 9.83. The maximum Gasteiger partial charge on any atom is 0.229 e. The zero-order chi connectivity index (χ0) is 23.7. The third kappa shape index (κ3) is 4.46. The van der Waals surface area contributed by atoms with Gasteiger partial charge in [0.05, 0.1) is 6.61 Å². The highest BCUT2D eigenvalue weighted by Gasteiger charge is 2.54. The van der Waals surface area contributed by atoms with E-state index in [-0.39, 0.29) is 18.4 Å². The molecule has 186 valence electrons. The number of fused-ring (bicyclic) bond motifs is 5. The molecule has 5 rings (SSSR count). The highest BCUT2D eigenvalue weighted by Crippen LogP contribution is 2.60. The minimum atomic E-state index is 0.0155. The molecule has 2 N–H and O–H groups in total. The van der Waals surface area contributed by atoms with Gasteiger partial charge in [-0.1, -0.05) is 38.0 Å². The van der Waals surface area contributed by atoms with Gasteiger partial charge >= 0.3 is 0 Å². The van der Waals surface area contributed by atoms with Gasteiger partial charge in [-0.15, -0.1) is 0 Å². The molecule has 1 aromatic rings. The number of hydrogen-bond acceptors (Lipinski definition) is 4. The van der Waals surface area contributed by atoms with Crippen molar-refractivity contribution in [3.63, 3.8) is 0 Å². The van der Waals surface area contributed by atoms with Crippen LogP contribution >= 0.6 is 0 Å². The van der Waals surface area contributed by atoms with E-state index < -0.39 is 0 Å². The van der Waals surface area contributed by atoms with Crippen molar-refractivity contribution in [2.24, 2.45) is 17.3 Å². The molecule has 4 aliphatic rings. The van der Waals surface area contributed by atoms with E-state index in [1.54, 1.807) is 5.56 Å². The summed E-state index contributed by atoms with van der Waals surface area (Å²) in [6.07, 6.45) is 12.9. The van der Waals surface area contributed by atoms with E-state index in [1.165, 1.54) is 55.4 Å². The predicted octanol–water partition coefficient (Wildman–Crippen LogP) is 4.70. The fraction of sp³-hybridized carbons (Fsp3) is 0.724. The molecule has 1 heterocycles. The van der Waals surface area contributed by atoms with Gasteiger partial charge in [0.25, 0.3) is 0 Å². The lowest BCUT2D eigenvalue weighted by Gasteiger charge is -2.51. The SMILES string of the molecule is C[C@]12CCC3c4ccc(CO)cc4CCC3C1CC[C@@H]2NCCCCCCN1C(=O)CCC1=O. The number of hydrogen-bond donors (Lipinski definition) is 2. The Morgan fingerprint density at radius 2 is 1.79 bits per heavy atom. The third-order valence-corrected chi connectivity index (χ3v) is 9.83. The standard InChI is InChI=1S/C29H42N2O3/c1-29-15-14-23-22-8-6-20(19-32)18-21(22)7-9-24(23)25(29)10-11-26(29)30-16-4-2-3-5-17-31-27(33)12-13-28(31)34/h6,8,18,23-26,30,32H,2-5,7,9-17,19H2,1H3/t23?,24?,25?,26-,29-/m0/s1. The van der Waals surface area contributed by atoms with E-state index in [2.05, 4.69) is 30.4 Å². The fourth-order valence-electron chi connectivity index (χ4n) is 7.97. The van der Waals surface area contributed by atoms with Gasteiger partial charge in [0.1, 0.15) is 0 Å². The Kier molecular flexibility index (Phi) is 7.13. The molecule has 3 fully saturated rings. The van der Waals surface area contributed by atoms with Gasteiger partial charge in [-0.2, -0.15) is 0 Å². The van der Waals surface area contributed by atoms with Gasteiger partial charge in [0.15, 0.2) is 0 Å². The minimum Gasteiger partial charge on any atom is -0.392 e. The lowest BCUT2D eigenvalue weighted by Crippen LogP contribution is -2.48. The van der Waals surface area contributed by atoms with Gasteiger partial charge in [-0.3, -0.25) is 14.5 Å². The first-order chi connectivity index (χ1) is 16.5. The smallest absolute Gasteiger partial charge is 0.229 e. The Labute approximate surface area is 204 Å². The monoisotopic (exact) mass is 466 g/mol. The van der Waals surface area contributed by atoms with E-state index >= 15 is 0 Å². The zero-order valence-electron chi connectivity index (χ0n) is 20.9. The largest absolute Gasteiger partial charge is 0.392 e. The van der Waals surface area contributed by atoms with Crippen molar-refractivity contribution >= 4 is 11.8 Å². The highest BCUT2D eigenvalue weighted by molar-refractivity contribution is 6.01.